The highest BCUT2D eigenvalue weighted by Gasteiger charge is 2.66. The number of ketones is 1. The first-order valence-corrected chi connectivity index (χ1v) is 12.9. The minimum absolute atomic E-state index is 0.0259. The number of nitriles is 1. The van der Waals surface area contributed by atoms with E-state index in [4.69, 9.17) is 18.9 Å². The Hall–Kier alpha value is -2.96. The lowest BCUT2D eigenvalue weighted by molar-refractivity contribution is -0.255. The van der Waals surface area contributed by atoms with E-state index in [1.54, 1.807) is 0 Å². The van der Waals surface area contributed by atoms with Gasteiger partial charge in [0.25, 0.3) is 0 Å². The fourth-order valence-electron chi connectivity index (χ4n) is 7.58. The molecule has 0 amide bonds. The molecule has 0 aromatic rings. The Morgan fingerprint density at radius 3 is 2.05 bits per heavy atom. The maximum absolute atomic E-state index is 13.1. The van der Waals surface area contributed by atoms with Crippen LogP contribution < -0.4 is 0 Å². The van der Waals surface area contributed by atoms with Crippen LogP contribution in [-0.2, 0) is 42.9 Å². The van der Waals surface area contributed by atoms with Crippen molar-refractivity contribution in [2.24, 2.45) is 35.0 Å². The zero-order valence-corrected chi connectivity index (χ0v) is 22.4. The molecule has 0 radical (unpaired) electrons. The number of hydrogen-bond acceptors (Lipinski definition) is 10. The Balaban J connectivity index is 2.06. The number of Topliss-reactive ketones (excluding diaryl/α,β-unsaturated/α-hetero) is 1. The van der Waals surface area contributed by atoms with Gasteiger partial charge in [-0.25, -0.2) is 0 Å². The van der Waals surface area contributed by atoms with Gasteiger partial charge in [-0.2, -0.15) is 5.26 Å². The molecule has 37 heavy (non-hydrogen) atoms. The van der Waals surface area contributed by atoms with Crippen molar-refractivity contribution in [1.29, 1.82) is 5.26 Å². The van der Waals surface area contributed by atoms with Crippen LogP contribution in [0.4, 0.5) is 0 Å². The number of rotatable bonds is 6. The standard InChI is InChI=1S/C27H37NO9/c1-13-21-8-7-19-20(11-18(12-28)34-14(2)29)23(33)10-9-22(19)27(21,6)26(37-17(5)32)25(36-16(4)31)24(13)35-15(3)30/h13,18-22,24-26H,7-11H2,1-6H3. The van der Waals surface area contributed by atoms with Crippen molar-refractivity contribution in [3.05, 3.63) is 0 Å². The molecule has 3 rings (SSSR count). The van der Waals surface area contributed by atoms with Crippen molar-refractivity contribution < 1.29 is 42.9 Å². The van der Waals surface area contributed by atoms with Gasteiger partial charge in [0.1, 0.15) is 24.1 Å². The van der Waals surface area contributed by atoms with E-state index in [9.17, 15) is 29.2 Å². The van der Waals surface area contributed by atoms with E-state index in [-0.39, 0.29) is 42.3 Å². The first kappa shape index (κ1) is 28.6. The van der Waals surface area contributed by atoms with Crippen LogP contribution in [-0.4, -0.2) is 54.1 Å². The lowest BCUT2D eigenvalue weighted by Crippen LogP contribution is -2.68. The smallest absolute Gasteiger partial charge is 0.303 e. The number of carbonyl (C=O) groups is 5. The number of fused-ring (bicyclic) bond motifs is 3. The summed E-state index contributed by atoms with van der Waals surface area (Å²) in [6.45, 7) is 9.02. The van der Waals surface area contributed by atoms with Gasteiger partial charge in [0.05, 0.1) is 0 Å². The number of esters is 4. The van der Waals surface area contributed by atoms with Crippen LogP contribution in [0.15, 0.2) is 0 Å². The molecule has 0 spiro atoms. The SMILES string of the molecule is CC(=O)OC(C#N)CC1C(=O)CCC2C1CCC1C(C)C(OC(C)=O)C(OC(C)=O)C(OC(C)=O)C12C. The van der Waals surface area contributed by atoms with Gasteiger partial charge in [-0.05, 0) is 37.0 Å². The zero-order valence-electron chi connectivity index (χ0n) is 22.4. The van der Waals surface area contributed by atoms with Crippen LogP contribution in [0.2, 0.25) is 0 Å². The molecular weight excluding hydrogens is 482 g/mol. The number of hydrogen-bond donors (Lipinski definition) is 0. The van der Waals surface area contributed by atoms with Crippen LogP contribution in [0.3, 0.4) is 0 Å². The second-order valence-corrected chi connectivity index (χ2v) is 10.9. The maximum atomic E-state index is 13.1. The summed E-state index contributed by atoms with van der Waals surface area (Å²) in [5.74, 6) is -3.22. The summed E-state index contributed by atoms with van der Waals surface area (Å²) < 4.78 is 22.4. The third-order valence-corrected chi connectivity index (χ3v) is 8.76. The van der Waals surface area contributed by atoms with Crippen LogP contribution in [0.1, 0.15) is 73.6 Å². The second kappa shape index (κ2) is 11.2. The van der Waals surface area contributed by atoms with Gasteiger partial charge in [-0.3, -0.25) is 24.0 Å². The predicted molar refractivity (Wildman–Crippen MR) is 127 cm³/mol. The maximum Gasteiger partial charge on any atom is 0.303 e. The average molecular weight is 520 g/mol. The highest BCUT2D eigenvalue weighted by atomic mass is 16.6. The van der Waals surface area contributed by atoms with Crippen molar-refractivity contribution in [1.82, 2.24) is 0 Å². The molecule has 0 aliphatic heterocycles. The van der Waals surface area contributed by atoms with Crippen molar-refractivity contribution in [2.75, 3.05) is 0 Å². The Labute approximate surface area is 217 Å². The topological polar surface area (TPSA) is 146 Å². The highest BCUT2D eigenvalue weighted by Crippen LogP contribution is 2.62. The Morgan fingerprint density at radius 2 is 1.51 bits per heavy atom. The van der Waals surface area contributed by atoms with Gasteiger partial charge in [0.15, 0.2) is 12.2 Å². The van der Waals surface area contributed by atoms with E-state index in [2.05, 4.69) is 0 Å². The van der Waals surface area contributed by atoms with Crippen LogP contribution in [0.25, 0.3) is 0 Å². The quantitative estimate of drug-likeness (QED) is 0.379. The molecule has 10 atom stereocenters. The van der Waals surface area contributed by atoms with Gasteiger partial charge < -0.3 is 18.9 Å². The lowest BCUT2D eigenvalue weighted by atomic mass is 9.44. The average Bonchev–Trinajstić information content (AvgIpc) is 2.79. The molecule has 204 valence electrons. The third kappa shape index (κ3) is 5.65. The van der Waals surface area contributed by atoms with E-state index in [1.165, 1.54) is 27.7 Å². The Morgan fingerprint density at radius 1 is 0.919 bits per heavy atom. The largest absolute Gasteiger partial charge is 0.458 e. The van der Waals surface area contributed by atoms with E-state index in [0.29, 0.717) is 19.3 Å². The molecule has 3 saturated carbocycles. The zero-order chi connectivity index (χ0) is 27.7. The molecule has 0 saturated heterocycles. The molecule has 0 bridgehead atoms. The summed E-state index contributed by atoms with van der Waals surface area (Å²) in [5.41, 5.74) is -0.701. The van der Waals surface area contributed by atoms with Crippen LogP contribution in [0.5, 0.6) is 0 Å². The molecule has 3 fully saturated rings. The number of carbonyl (C=O) groups excluding carboxylic acids is 5. The Bertz CT molecular complexity index is 987. The Kier molecular flexibility index (Phi) is 8.66. The van der Waals surface area contributed by atoms with Gasteiger partial charge in [0, 0.05) is 57.8 Å². The fraction of sp³-hybridized carbons (Fsp3) is 0.778. The van der Waals surface area contributed by atoms with E-state index in [0.717, 1.165) is 0 Å². The summed E-state index contributed by atoms with van der Waals surface area (Å²) in [7, 11) is 0. The molecule has 3 aliphatic rings. The second-order valence-electron chi connectivity index (χ2n) is 10.9. The third-order valence-electron chi connectivity index (χ3n) is 8.76. The lowest BCUT2D eigenvalue weighted by Gasteiger charge is -2.63. The summed E-state index contributed by atoms with van der Waals surface area (Å²) in [5, 5.41) is 9.54. The predicted octanol–water partition coefficient (Wildman–Crippen LogP) is 2.90. The van der Waals surface area contributed by atoms with Crippen molar-refractivity contribution in [2.45, 2.75) is 98.1 Å². The first-order chi connectivity index (χ1) is 17.3. The molecule has 10 nitrogen and oxygen atoms in total. The van der Waals surface area contributed by atoms with E-state index < -0.39 is 59.6 Å². The molecule has 10 unspecified atom stereocenters. The monoisotopic (exact) mass is 519 g/mol. The molecule has 3 aliphatic carbocycles. The molecule has 0 N–H and O–H groups in total. The summed E-state index contributed by atoms with van der Waals surface area (Å²) in [6, 6.07) is 1.99. The van der Waals surface area contributed by atoms with Crippen LogP contribution in [0, 0.1) is 46.3 Å². The van der Waals surface area contributed by atoms with Crippen molar-refractivity contribution >= 4 is 29.7 Å². The molecule has 10 heteroatoms. The number of nitrogens with zero attached hydrogens (tertiary/aromatic N) is 1. The molecule has 0 aromatic heterocycles. The summed E-state index contributed by atoms with van der Waals surface area (Å²) in [4.78, 5) is 61.1. The van der Waals surface area contributed by atoms with Gasteiger partial charge in [-0.15, -0.1) is 0 Å². The minimum Gasteiger partial charge on any atom is -0.458 e. The highest BCUT2D eigenvalue weighted by molar-refractivity contribution is 5.82. The number of ether oxygens (including phenoxy) is 4. The van der Waals surface area contributed by atoms with Crippen molar-refractivity contribution in [3.8, 4) is 6.07 Å². The molecule has 0 aromatic carbocycles. The summed E-state index contributed by atoms with van der Waals surface area (Å²) in [6.07, 6.45) is -1.47. The normalized spacial score (nSPS) is 37.6. The van der Waals surface area contributed by atoms with Crippen molar-refractivity contribution in [3.63, 3.8) is 0 Å². The van der Waals surface area contributed by atoms with E-state index >= 15 is 0 Å². The summed E-state index contributed by atoms with van der Waals surface area (Å²) >= 11 is 0. The van der Waals surface area contributed by atoms with Gasteiger partial charge >= 0.3 is 23.9 Å². The van der Waals surface area contributed by atoms with Gasteiger partial charge in [-0.1, -0.05) is 13.8 Å². The van der Waals surface area contributed by atoms with E-state index in [1.807, 2.05) is 19.9 Å². The fourth-order valence-corrected chi connectivity index (χ4v) is 7.58. The minimum atomic E-state index is -1.03. The van der Waals surface area contributed by atoms with Gasteiger partial charge in [0.2, 0.25) is 0 Å². The first-order valence-electron chi connectivity index (χ1n) is 12.9. The molecule has 0 heterocycles. The molecular formula is C27H37NO9. The van der Waals surface area contributed by atoms with Crippen LogP contribution >= 0.6 is 0 Å².